The Kier molecular flexibility index (Phi) is 7.42. The van der Waals surface area contributed by atoms with Gasteiger partial charge in [-0.25, -0.2) is 14.4 Å². The minimum Gasteiger partial charge on any atom is -0.496 e. The standard InChI is InChI=1S/C29H24ClFN4O3/c1-36-22-13-23(37-2)15-24(14-22)38-21-5-3-4-18(10-21)16-32-19-7-9-28-25(11-19)29(34-17-33-28)35-20-6-8-27(31)26(30)12-20/h3-15,17,32H,16H2,1-2H3,(H,33,34,35). The summed E-state index contributed by atoms with van der Waals surface area (Å²) in [5.41, 5.74) is 3.31. The van der Waals surface area contributed by atoms with Crippen LogP contribution in [-0.4, -0.2) is 24.2 Å². The number of nitrogens with zero attached hydrogens (tertiary/aromatic N) is 2. The van der Waals surface area contributed by atoms with E-state index < -0.39 is 5.82 Å². The lowest BCUT2D eigenvalue weighted by Crippen LogP contribution is -2.01. The van der Waals surface area contributed by atoms with Crippen molar-refractivity contribution in [3.8, 4) is 23.0 Å². The fourth-order valence-corrected chi connectivity index (χ4v) is 4.06. The van der Waals surface area contributed by atoms with Crippen LogP contribution in [0.25, 0.3) is 10.9 Å². The van der Waals surface area contributed by atoms with Gasteiger partial charge in [0.1, 0.15) is 41.0 Å². The van der Waals surface area contributed by atoms with E-state index >= 15 is 0 Å². The minimum atomic E-state index is -0.478. The Morgan fingerprint density at radius 1 is 0.789 bits per heavy atom. The number of hydrogen-bond donors (Lipinski definition) is 2. The van der Waals surface area contributed by atoms with Crippen molar-refractivity contribution in [2.45, 2.75) is 6.54 Å². The summed E-state index contributed by atoms with van der Waals surface area (Å²) in [6.07, 6.45) is 1.48. The van der Waals surface area contributed by atoms with Crippen LogP contribution in [-0.2, 0) is 6.54 Å². The third kappa shape index (κ3) is 5.87. The Morgan fingerprint density at radius 3 is 2.32 bits per heavy atom. The molecule has 0 radical (unpaired) electrons. The highest BCUT2D eigenvalue weighted by molar-refractivity contribution is 6.31. The highest BCUT2D eigenvalue weighted by Crippen LogP contribution is 2.32. The van der Waals surface area contributed by atoms with Crippen molar-refractivity contribution in [3.63, 3.8) is 0 Å². The molecule has 0 amide bonds. The lowest BCUT2D eigenvalue weighted by Gasteiger charge is -2.13. The van der Waals surface area contributed by atoms with Crippen LogP contribution in [0.15, 0.2) is 85.2 Å². The lowest BCUT2D eigenvalue weighted by atomic mass is 10.1. The summed E-state index contributed by atoms with van der Waals surface area (Å²) in [5, 5.41) is 7.48. The van der Waals surface area contributed by atoms with Crippen molar-refractivity contribution < 1.29 is 18.6 Å². The lowest BCUT2D eigenvalue weighted by molar-refractivity contribution is 0.386. The highest BCUT2D eigenvalue weighted by atomic mass is 35.5. The van der Waals surface area contributed by atoms with Gasteiger partial charge in [0.15, 0.2) is 0 Å². The van der Waals surface area contributed by atoms with Gasteiger partial charge in [0.25, 0.3) is 0 Å². The molecule has 0 aliphatic rings. The zero-order chi connectivity index (χ0) is 26.5. The van der Waals surface area contributed by atoms with E-state index in [4.69, 9.17) is 25.8 Å². The van der Waals surface area contributed by atoms with Crippen LogP contribution in [0.2, 0.25) is 5.02 Å². The molecule has 0 aliphatic heterocycles. The van der Waals surface area contributed by atoms with Crippen LogP contribution in [0.1, 0.15) is 5.56 Å². The van der Waals surface area contributed by atoms with Crippen LogP contribution < -0.4 is 24.8 Å². The van der Waals surface area contributed by atoms with E-state index in [-0.39, 0.29) is 5.02 Å². The van der Waals surface area contributed by atoms with Gasteiger partial charge in [-0.1, -0.05) is 23.7 Å². The number of fused-ring (bicyclic) bond motifs is 1. The van der Waals surface area contributed by atoms with Crippen molar-refractivity contribution in [2.24, 2.45) is 0 Å². The molecule has 5 rings (SSSR count). The van der Waals surface area contributed by atoms with E-state index in [1.807, 2.05) is 42.5 Å². The average Bonchev–Trinajstić information content (AvgIpc) is 2.94. The third-order valence-corrected chi connectivity index (χ3v) is 6.06. The molecule has 1 aromatic heterocycles. The second kappa shape index (κ2) is 11.2. The van der Waals surface area contributed by atoms with E-state index in [0.29, 0.717) is 41.0 Å². The molecule has 7 nitrogen and oxygen atoms in total. The Bertz CT molecular complexity index is 1580. The number of nitrogens with one attached hydrogen (secondary N) is 2. The summed E-state index contributed by atoms with van der Waals surface area (Å²) >= 11 is 5.93. The first-order chi connectivity index (χ1) is 18.5. The molecule has 1 heterocycles. The quantitative estimate of drug-likeness (QED) is 0.203. The number of aromatic nitrogens is 2. The van der Waals surface area contributed by atoms with Crippen LogP contribution in [0.3, 0.4) is 0 Å². The largest absolute Gasteiger partial charge is 0.496 e. The van der Waals surface area contributed by atoms with Crippen LogP contribution in [0.4, 0.5) is 21.6 Å². The second-order valence-corrected chi connectivity index (χ2v) is 8.77. The Labute approximate surface area is 224 Å². The molecular weight excluding hydrogens is 507 g/mol. The van der Waals surface area contributed by atoms with E-state index in [1.165, 1.54) is 18.5 Å². The molecule has 0 unspecified atom stereocenters. The maximum Gasteiger partial charge on any atom is 0.141 e. The van der Waals surface area contributed by atoms with Crippen molar-refractivity contribution in [3.05, 3.63) is 102 Å². The summed E-state index contributed by atoms with van der Waals surface area (Å²) in [6, 6.07) is 23.5. The molecule has 192 valence electrons. The average molecular weight is 531 g/mol. The van der Waals surface area contributed by atoms with Crippen molar-refractivity contribution in [1.82, 2.24) is 9.97 Å². The molecule has 0 saturated heterocycles. The summed E-state index contributed by atoms with van der Waals surface area (Å²) < 4.78 is 30.3. The molecular formula is C29H24ClFN4O3. The third-order valence-electron chi connectivity index (χ3n) is 5.77. The number of anilines is 3. The minimum absolute atomic E-state index is 0.0347. The number of hydrogen-bond acceptors (Lipinski definition) is 7. The van der Waals surface area contributed by atoms with Gasteiger partial charge >= 0.3 is 0 Å². The first-order valence-corrected chi connectivity index (χ1v) is 12.1. The molecule has 0 saturated carbocycles. The fraction of sp³-hybridized carbons (Fsp3) is 0.103. The van der Waals surface area contributed by atoms with Crippen LogP contribution >= 0.6 is 11.6 Å². The van der Waals surface area contributed by atoms with Crippen molar-refractivity contribution in [2.75, 3.05) is 24.9 Å². The van der Waals surface area contributed by atoms with E-state index in [0.717, 1.165) is 22.2 Å². The topological polar surface area (TPSA) is 77.5 Å². The van der Waals surface area contributed by atoms with Gasteiger partial charge in [0.05, 0.1) is 24.8 Å². The molecule has 2 N–H and O–H groups in total. The first-order valence-electron chi connectivity index (χ1n) is 11.7. The van der Waals surface area contributed by atoms with Gasteiger partial charge in [0, 0.05) is 41.5 Å². The summed E-state index contributed by atoms with van der Waals surface area (Å²) in [6.45, 7) is 0.564. The van der Waals surface area contributed by atoms with Gasteiger partial charge < -0.3 is 24.8 Å². The van der Waals surface area contributed by atoms with Gasteiger partial charge in [0.2, 0.25) is 0 Å². The molecule has 0 atom stereocenters. The van der Waals surface area contributed by atoms with E-state index in [2.05, 4.69) is 20.6 Å². The zero-order valence-electron chi connectivity index (χ0n) is 20.7. The Morgan fingerprint density at radius 2 is 1.55 bits per heavy atom. The monoisotopic (exact) mass is 530 g/mol. The molecule has 0 spiro atoms. The van der Waals surface area contributed by atoms with Crippen molar-refractivity contribution >= 4 is 39.7 Å². The maximum absolute atomic E-state index is 13.6. The SMILES string of the molecule is COc1cc(OC)cc(Oc2cccc(CNc3ccc4ncnc(Nc5ccc(F)c(Cl)c5)c4c3)c2)c1. The molecule has 0 bridgehead atoms. The Hall–Kier alpha value is -4.56. The number of rotatable bonds is 9. The highest BCUT2D eigenvalue weighted by Gasteiger charge is 2.09. The summed E-state index contributed by atoms with van der Waals surface area (Å²) in [4.78, 5) is 8.72. The Balaban J connectivity index is 1.32. The molecule has 9 heteroatoms. The predicted molar refractivity (Wildman–Crippen MR) is 148 cm³/mol. The molecule has 5 aromatic rings. The second-order valence-electron chi connectivity index (χ2n) is 8.36. The van der Waals surface area contributed by atoms with Crippen LogP contribution in [0.5, 0.6) is 23.0 Å². The van der Waals surface area contributed by atoms with E-state index in [9.17, 15) is 4.39 Å². The number of benzene rings is 4. The van der Waals surface area contributed by atoms with Crippen LogP contribution in [0, 0.1) is 5.82 Å². The molecule has 0 aliphatic carbocycles. The smallest absolute Gasteiger partial charge is 0.141 e. The number of halogens is 2. The van der Waals surface area contributed by atoms with Gasteiger partial charge in [-0.2, -0.15) is 0 Å². The van der Waals surface area contributed by atoms with Gasteiger partial charge in [-0.05, 0) is 54.1 Å². The fourth-order valence-electron chi connectivity index (χ4n) is 3.88. The summed E-state index contributed by atoms with van der Waals surface area (Å²) in [5.74, 6) is 2.71. The van der Waals surface area contributed by atoms with Gasteiger partial charge in [-0.3, -0.25) is 0 Å². The molecule has 0 fully saturated rings. The molecule has 38 heavy (non-hydrogen) atoms. The number of ether oxygens (including phenoxy) is 3. The first kappa shape index (κ1) is 25.1. The predicted octanol–water partition coefficient (Wildman–Crippen LogP) is 7.59. The van der Waals surface area contributed by atoms with Gasteiger partial charge in [-0.15, -0.1) is 0 Å². The zero-order valence-corrected chi connectivity index (χ0v) is 21.4. The summed E-state index contributed by atoms with van der Waals surface area (Å²) in [7, 11) is 3.20. The maximum atomic E-state index is 13.6. The van der Waals surface area contributed by atoms with Crippen molar-refractivity contribution in [1.29, 1.82) is 0 Å². The normalized spacial score (nSPS) is 10.7. The molecule has 4 aromatic carbocycles. The van der Waals surface area contributed by atoms with E-state index in [1.54, 1.807) is 38.5 Å². The number of methoxy groups -OCH3 is 2.